The molecule has 0 bridgehead atoms. The Morgan fingerprint density at radius 1 is 1.45 bits per heavy atom. The number of carbonyl (C=O) groups is 2. The van der Waals surface area contributed by atoms with Crippen molar-refractivity contribution in [2.75, 3.05) is 38.2 Å². The Morgan fingerprint density at radius 3 is 2.86 bits per heavy atom. The highest BCUT2D eigenvalue weighted by Crippen LogP contribution is 2.05. The van der Waals surface area contributed by atoms with Gasteiger partial charge in [-0.05, 0) is 6.92 Å². The second-order valence-corrected chi connectivity index (χ2v) is 5.23. The number of morpholine rings is 1. The van der Waals surface area contributed by atoms with E-state index in [1.54, 1.807) is 6.20 Å². The predicted octanol–water partition coefficient (Wildman–Crippen LogP) is -0.789. The van der Waals surface area contributed by atoms with Gasteiger partial charge in [-0.25, -0.2) is 4.79 Å². The number of hydrogen-bond donors (Lipinski definition) is 3. The molecule has 2 rings (SSSR count). The van der Waals surface area contributed by atoms with E-state index in [2.05, 4.69) is 27.6 Å². The van der Waals surface area contributed by atoms with Crippen molar-refractivity contribution >= 4 is 17.6 Å². The minimum Gasteiger partial charge on any atom is -0.379 e. The van der Waals surface area contributed by atoms with Crippen LogP contribution < -0.4 is 16.4 Å². The molecule has 22 heavy (non-hydrogen) atoms. The molecule has 0 saturated carbocycles. The number of hydrogen-bond acceptors (Lipinski definition) is 5. The molecule has 1 saturated heterocycles. The van der Waals surface area contributed by atoms with Crippen LogP contribution >= 0.6 is 0 Å². The second-order valence-electron chi connectivity index (χ2n) is 5.23. The fourth-order valence-electron chi connectivity index (χ4n) is 2.24. The molecule has 9 nitrogen and oxygen atoms in total. The fraction of sp³-hybridized carbons (Fsp3) is 0.615. The summed E-state index contributed by atoms with van der Waals surface area (Å²) in [6.07, 6.45) is 3.02. The Labute approximate surface area is 128 Å². The number of nitrogens with zero attached hydrogens (tertiary/aromatic N) is 3. The van der Waals surface area contributed by atoms with Crippen LogP contribution in [0.4, 0.5) is 10.5 Å². The van der Waals surface area contributed by atoms with E-state index in [0.717, 1.165) is 26.3 Å². The van der Waals surface area contributed by atoms with E-state index >= 15 is 0 Å². The number of anilines is 1. The number of rotatable bonds is 6. The first kappa shape index (κ1) is 16.2. The van der Waals surface area contributed by atoms with Gasteiger partial charge in [-0.1, -0.05) is 0 Å². The molecule has 1 fully saturated rings. The summed E-state index contributed by atoms with van der Waals surface area (Å²) in [5, 5.41) is 9.41. The third-order valence-corrected chi connectivity index (χ3v) is 3.44. The molecule has 1 aromatic rings. The maximum atomic E-state index is 11.8. The Bertz CT molecular complexity index is 512. The number of aromatic nitrogens is 2. The predicted molar refractivity (Wildman–Crippen MR) is 80.3 cm³/mol. The molecule has 1 atom stereocenters. The smallest absolute Gasteiger partial charge is 0.319 e. The van der Waals surface area contributed by atoms with Crippen LogP contribution in [-0.4, -0.2) is 65.5 Å². The van der Waals surface area contributed by atoms with Crippen LogP contribution in [0.2, 0.25) is 0 Å². The van der Waals surface area contributed by atoms with Gasteiger partial charge in [-0.15, -0.1) is 0 Å². The molecule has 122 valence electrons. The highest BCUT2D eigenvalue weighted by molar-refractivity contribution is 5.88. The Morgan fingerprint density at radius 2 is 2.18 bits per heavy atom. The zero-order chi connectivity index (χ0) is 15.9. The monoisotopic (exact) mass is 310 g/mol. The summed E-state index contributed by atoms with van der Waals surface area (Å²) >= 11 is 0. The number of primary amides is 1. The molecule has 9 heteroatoms. The van der Waals surface area contributed by atoms with E-state index in [-0.39, 0.29) is 18.6 Å². The summed E-state index contributed by atoms with van der Waals surface area (Å²) in [6, 6.07) is -0.0639. The highest BCUT2D eigenvalue weighted by atomic mass is 16.5. The lowest BCUT2D eigenvalue weighted by atomic mass is 10.2. The van der Waals surface area contributed by atoms with Gasteiger partial charge in [-0.2, -0.15) is 5.10 Å². The zero-order valence-corrected chi connectivity index (χ0v) is 12.6. The van der Waals surface area contributed by atoms with Crippen molar-refractivity contribution in [2.24, 2.45) is 5.73 Å². The van der Waals surface area contributed by atoms with Crippen LogP contribution in [0.15, 0.2) is 12.4 Å². The Balaban J connectivity index is 1.73. The number of nitrogens with two attached hydrogens (primary N) is 1. The summed E-state index contributed by atoms with van der Waals surface area (Å²) < 4.78 is 6.67. The van der Waals surface area contributed by atoms with Crippen molar-refractivity contribution in [3.63, 3.8) is 0 Å². The molecular weight excluding hydrogens is 288 g/mol. The van der Waals surface area contributed by atoms with Crippen molar-refractivity contribution in [2.45, 2.75) is 19.5 Å². The number of urea groups is 1. The van der Waals surface area contributed by atoms with Gasteiger partial charge in [0.2, 0.25) is 5.91 Å². The first-order valence-corrected chi connectivity index (χ1v) is 7.22. The number of carbonyl (C=O) groups excluding carboxylic acids is 2. The van der Waals surface area contributed by atoms with Gasteiger partial charge < -0.3 is 21.1 Å². The van der Waals surface area contributed by atoms with E-state index < -0.39 is 5.91 Å². The topological polar surface area (TPSA) is 115 Å². The molecular formula is C13H22N6O3. The maximum Gasteiger partial charge on any atom is 0.319 e. The van der Waals surface area contributed by atoms with Crippen molar-refractivity contribution < 1.29 is 14.3 Å². The Hall–Kier alpha value is -2.13. The fourth-order valence-corrected chi connectivity index (χ4v) is 2.24. The Kier molecular flexibility index (Phi) is 5.73. The lowest BCUT2D eigenvalue weighted by Gasteiger charge is -2.32. The summed E-state index contributed by atoms with van der Waals surface area (Å²) in [6.45, 7) is 5.81. The largest absolute Gasteiger partial charge is 0.379 e. The van der Waals surface area contributed by atoms with Crippen LogP contribution in [0, 0.1) is 0 Å². The lowest BCUT2D eigenvalue weighted by Crippen LogP contribution is -2.47. The van der Waals surface area contributed by atoms with Crippen LogP contribution in [0.1, 0.15) is 6.92 Å². The molecule has 0 aliphatic carbocycles. The molecule has 0 radical (unpaired) electrons. The molecule has 1 aliphatic rings. The van der Waals surface area contributed by atoms with Gasteiger partial charge in [0.1, 0.15) is 6.54 Å². The zero-order valence-electron chi connectivity index (χ0n) is 12.6. The SMILES string of the molecule is CC(CNC(=O)Nc1cnn(CC(N)=O)c1)N1CCOCC1. The van der Waals surface area contributed by atoms with E-state index in [4.69, 9.17) is 10.5 Å². The van der Waals surface area contributed by atoms with E-state index in [0.29, 0.717) is 12.2 Å². The molecule has 1 aliphatic heterocycles. The average molecular weight is 310 g/mol. The lowest BCUT2D eigenvalue weighted by molar-refractivity contribution is -0.118. The van der Waals surface area contributed by atoms with Gasteiger partial charge in [-0.3, -0.25) is 14.4 Å². The van der Waals surface area contributed by atoms with E-state index in [1.165, 1.54) is 10.9 Å². The van der Waals surface area contributed by atoms with E-state index in [1.807, 2.05) is 0 Å². The number of nitrogens with one attached hydrogen (secondary N) is 2. The minimum atomic E-state index is -0.488. The first-order valence-electron chi connectivity index (χ1n) is 7.22. The summed E-state index contributed by atoms with van der Waals surface area (Å²) in [7, 11) is 0. The van der Waals surface area contributed by atoms with Gasteiger partial charge in [0, 0.05) is 31.9 Å². The minimum absolute atomic E-state index is 0.0165. The molecule has 3 amide bonds. The van der Waals surface area contributed by atoms with Crippen molar-refractivity contribution in [1.29, 1.82) is 0 Å². The summed E-state index contributed by atoms with van der Waals surface area (Å²) in [4.78, 5) is 24.9. The third kappa shape index (κ3) is 5.01. The summed E-state index contributed by atoms with van der Waals surface area (Å²) in [5.41, 5.74) is 5.59. The van der Waals surface area contributed by atoms with Gasteiger partial charge >= 0.3 is 6.03 Å². The van der Waals surface area contributed by atoms with Crippen LogP contribution in [0.25, 0.3) is 0 Å². The average Bonchev–Trinajstić information content (AvgIpc) is 2.92. The standard InChI is InChI=1S/C13H22N6O3/c1-10(18-2-4-22-5-3-18)6-15-13(21)17-11-7-16-19(8-11)9-12(14)20/h7-8,10H,2-6,9H2,1H3,(H2,14,20)(H2,15,17,21). The van der Waals surface area contributed by atoms with E-state index in [9.17, 15) is 9.59 Å². The van der Waals surface area contributed by atoms with Crippen molar-refractivity contribution in [3.05, 3.63) is 12.4 Å². The second kappa shape index (κ2) is 7.76. The van der Waals surface area contributed by atoms with Crippen molar-refractivity contribution in [3.8, 4) is 0 Å². The molecule has 2 heterocycles. The molecule has 4 N–H and O–H groups in total. The van der Waals surface area contributed by atoms with Crippen LogP contribution in [-0.2, 0) is 16.1 Å². The quantitative estimate of drug-likeness (QED) is 0.637. The van der Waals surface area contributed by atoms with Crippen LogP contribution in [0.3, 0.4) is 0 Å². The number of ether oxygens (including phenoxy) is 1. The molecule has 0 aromatic carbocycles. The van der Waals surface area contributed by atoms with Crippen LogP contribution in [0.5, 0.6) is 0 Å². The summed E-state index contributed by atoms with van der Waals surface area (Å²) in [5.74, 6) is -0.488. The van der Waals surface area contributed by atoms with Gasteiger partial charge in [0.25, 0.3) is 0 Å². The van der Waals surface area contributed by atoms with Crippen molar-refractivity contribution in [1.82, 2.24) is 20.0 Å². The first-order chi connectivity index (χ1) is 10.5. The van der Waals surface area contributed by atoms with Gasteiger partial charge in [0.05, 0.1) is 25.1 Å². The normalized spacial score (nSPS) is 17.0. The molecule has 0 spiro atoms. The van der Waals surface area contributed by atoms with Gasteiger partial charge in [0.15, 0.2) is 0 Å². The number of amides is 3. The maximum absolute atomic E-state index is 11.8. The highest BCUT2D eigenvalue weighted by Gasteiger charge is 2.17. The third-order valence-electron chi connectivity index (χ3n) is 3.44. The molecule has 1 unspecified atom stereocenters. The molecule has 1 aromatic heterocycles.